The van der Waals surface area contributed by atoms with E-state index in [1.54, 1.807) is 42.7 Å². The van der Waals surface area contributed by atoms with Crippen molar-refractivity contribution < 1.29 is 13.5 Å². The van der Waals surface area contributed by atoms with Gasteiger partial charge in [-0.2, -0.15) is 10.2 Å². The van der Waals surface area contributed by atoms with E-state index < -0.39 is 32.2 Å². The largest absolute Gasteiger partial charge is 0.492 e. The summed E-state index contributed by atoms with van der Waals surface area (Å²) in [6.07, 6.45) is 6.28. The molecule has 198 valence electrons. The van der Waals surface area contributed by atoms with Gasteiger partial charge in [-0.05, 0) is 84.7 Å². The average molecular weight is 541 g/mol. The number of pyridine rings is 1. The molecule has 2 aromatic carbocycles. The van der Waals surface area contributed by atoms with E-state index in [0.717, 1.165) is 29.5 Å². The highest BCUT2D eigenvalue weighted by molar-refractivity contribution is 7.91. The predicted molar refractivity (Wildman–Crippen MR) is 146 cm³/mol. The summed E-state index contributed by atoms with van der Waals surface area (Å²) in [4.78, 5) is 21.5. The minimum atomic E-state index is -4.41. The number of nitriles is 1. The third kappa shape index (κ3) is 5.08. The molecule has 9 heteroatoms. The first-order valence-corrected chi connectivity index (χ1v) is 14.3. The van der Waals surface area contributed by atoms with Crippen molar-refractivity contribution in [3.63, 3.8) is 0 Å². The molecule has 0 spiro atoms. The Labute approximate surface area is 227 Å². The molecule has 5 rings (SSSR count). The Kier molecular flexibility index (Phi) is 7.06. The van der Waals surface area contributed by atoms with Gasteiger partial charge in [0.2, 0.25) is 15.7 Å². The summed E-state index contributed by atoms with van der Waals surface area (Å²) in [7, 11) is -4.41. The number of hydrogen-bond donors (Lipinski definition) is 1. The molecule has 2 heterocycles. The maximum absolute atomic E-state index is 14.0. The molecule has 0 bridgehead atoms. The van der Waals surface area contributed by atoms with Gasteiger partial charge in [-0.25, -0.2) is 8.42 Å². The summed E-state index contributed by atoms with van der Waals surface area (Å²) < 4.78 is 28.9. The summed E-state index contributed by atoms with van der Waals surface area (Å²) in [5.74, 6) is -0.115. The number of aromatic hydroxyl groups is 1. The molecule has 1 atom stereocenters. The second kappa shape index (κ2) is 10.5. The Bertz CT molecular complexity index is 1750. The topological polar surface area (TPSA) is 126 Å². The first-order valence-electron chi connectivity index (χ1n) is 12.8. The lowest BCUT2D eigenvalue weighted by Gasteiger charge is -2.23. The molecule has 0 amide bonds. The average Bonchev–Trinajstić information content (AvgIpc) is 3.75. The van der Waals surface area contributed by atoms with E-state index in [2.05, 4.69) is 16.0 Å². The highest BCUT2D eigenvalue weighted by Crippen LogP contribution is 2.35. The molecule has 1 aliphatic carbocycles. The van der Waals surface area contributed by atoms with Gasteiger partial charge >= 0.3 is 0 Å². The zero-order valence-corrected chi connectivity index (χ0v) is 22.5. The summed E-state index contributed by atoms with van der Waals surface area (Å²) in [6, 6.07) is 16.5. The van der Waals surface area contributed by atoms with Crippen LogP contribution in [0.15, 0.2) is 81.6 Å². The highest BCUT2D eigenvalue weighted by atomic mass is 32.2. The standard InChI is InChI=1S/C30H28N4O4S/c1-3-26(23-6-4-5-21(15-23)17-31)34-27(16-20-7-8-20)33-29(35)28(30(34)36)39(37,38)24-11-9-22(10-12-24)25-13-14-32-18-19(25)2/h4-6,9-15,18,20,26,35H,3,7-8,16H2,1-2H3/t26-/m0/s1. The van der Waals surface area contributed by atoms with Crippen LogP contribution in [0, 0.1) is 24.2 Å². The molecule has 4 aromatic rings. The van der Waals surface area contributed by atoms with Crippen LogP contribution in [0.4, 0.5) is 0 Å². The van der Waals surface area contributed by atoms with E-state index in [-0.39, 0.29) is 4.90 Å². The number of nitrogens with zero attached hydrogens (tertiary/aromatic N) is 4. The molecule has 0 radical (unpaired) electrons. The van der Waals surface area contributed by atoms with Gasteiger partial charge in [0.05, 0.1) is 22.6 Å². The summed E-state index contributed by atoms with van der Waals surface area (Å²) >= 11 is 0. The molecule has 1 aliphatic rings. The number of aryl methyl sites for hydroxylation is 1. The van der Waals surface area contributed by atoms with Crippen molar-refractivity contribution in [3.8, 4) is 23.1 Å². The monoisotopic (exact) mass is 540 g/mol. The zero-order chi connectivity index (χ0) is 27.7. The molecular weight excluding hydrogens is 512 g/mol. The van der Waals surface area contributed by atoms with Crippen LogP contribution in [-0.2, 0) is 16.3 Å². The van der Waals surface area contributed by atoms with Crippen LogP contribution in [0.25, 0.3) is 11.1 Å². The van der Waals surface area contributed by atoms with Crippen molar-refractivity contribution >= 4 is 9.84 Å². The number of rotatable bonds is 8. The number of hydrogen-bond acceptors (Lipinski definition) is 7. The summed E-state index contributed by atoms with van der Waals surface area (Å²) in [5, 5.41) is 20.2. The summed E-state index contributed by atoms with van der Waals surface area (Å²) in [5.41, 5.74) is 2.97. The van der Waals surface area contributed by atoms with E-state index in [9.17, 15) is 23.6 Å². The SMILES string of the molecule is CC[C@@H](c1cccc(C#N)c1)n1c(CC2CC2)nc(O)c(S(=O)(=O)c2ccc(-c3ccncc3C)cc2)c1=O. The Hall–Kier alpha value is -4.29. The number of aromatic nitrogens is 3. The van der Waals surface area contributed by atoms with Gasteiger partial charge in [0.25, 0.3) is 5.56 Å². The van der Waals surface area contributed by atoms with Crippen molar-refractivity contribution in [1.29, 1.82) is 5.26 Å². The second-order valence-electron chi connectivity index (χ2n) is 9.88. The van der Waals surface area contributed by atoms with Crippen LogP contribution in [0.5, 0.6) is 5.88 Å². The molecule has 8 nitrogen and oxygen atoms in total. The first-order chi connectivity index (χ1) is 18.7. The van der Waals surface area contributed by atoms with Gasteiger partial charge in [-0.3, -0.25) is 14.3 Å². The van der Waals surface area contributed by atoms with Gasteiger partial charge in [0.15, 0.2) is 4.90 Å². The number of sulfone groups is 1. The fourth-order valence-electron chi connectivity index (χ4n) is 4.94. The first kappa shape index (κ1) is 26.3. The molecule has 1 N–H and O–H groups in total. The maximum atomic E-state index is 14.0. The van der Waals surface area contributed by atoms with E-state index >= 15 is 0 Å². The fourth-order valence-corrected chi connectivity index (χ4v) is 6.29. The van der Waals surface area contributed by atoms with Gasteiger partial charge < -0.3 is 5.11 Å². The van der Waals surface area contributed by atoms with Crippen LogP contribution in [0.3, 0.4) is 0 Å². The minimum Gasteiger partial charge on any atom is -0.492 e. The van der Waals surface area contributed by atoms with E-state index in [0.29, 0.717) is 35.7 Å². The zero-order valence-electron chi connectivity index (χ0n) is 21.7. The molecular formula is C30H28N4O4S. The third-order valence-corrected chi connectivity index (χ3v) is 8.95. The predicted octanol–water partition coefficient (Wildman–Crippen LogP) is 4.98. The van der Waals surface area contributed by atoms with Gasteiger partial charge in [0, 0.05) is 18.8 Å². The van der Waals surface area contributed by atoms with Gasteiger partial charge in [-0.15, -0.1) is 0 Å². The quantitative estimate of drug-likeness (QED) is 0.334. The lowest BCUT2D eigenvalue weighted by molar-refractivity contribution is 0.406. The Balaban J connectivity index is 1.64. The van der Waals surface area contributed by atoms with Gasteiger partial charge in [-0.1, -0.05) is 31.2 Å². The van der Waals surface area contributed by atoms with Crippen molar-refractivity contribution in [2.24, 2.45) is 5.92 Å². The van der Waals surface area contributed by atoms with Crippen molar-refractivity contribution in [1.82, 2.24) is 14.5 Å². The lowest BCUT2D eigenvalue weighted by Crippen LogP contribution is -2.33. The van der Waals surface area contributed by atoms with Crippen molar-refractivity contribution in [2.75, 3.05) is 0 Å². The van der Waals surface area contributed by atoms with Crippen LogP contribution >= 0.6 is 0 Å². The van der Waals surface area contributed by atoms with Crippen LogP contribution < -0.4 is 5.56 Å². The summed E-state index contributed by atoms with van der Waals surface area (Å²) in [6.45, 7) is 3.80. The van der Waals surface area contributed by atoms with Crippen LogP contribution in [0.1, 0.15) is 54.7 Å². The molecule has 2 aromatic heterocycles. The van der Waals surface area contributed by atoms with Crippen LogP contribution in [-0.4, -0.2) is 28.1 Å². The molecule has 0 aliphatic heterocycles. The lowest BCUT2D eigenvalue weighted by atomic mass is 10.0. The van der Waals surface area contributed by atoms with Crippen molar-refractivity contribution in [3.05, 3.63) is 99.9 Å². The molecule has 0 unspecified atom stereocenters. The Morgan fingerprint density at radius 1 is 1.15 bits per heavy atom. The fraction of sp³-hybridized carbons (Fsp3) is 0.267. The van der Waals surface area contributed by atoms with E-state index in [4.69, 9.17) is 0 Å². The Morgan fingerprint density at radius 3 is 2.54 bits per heavy atom. The highest BCUT2D eigenvalue weighted by Gasteiger charge is 2.33. The second-order valence-corrected chi connectivity index (χ2v) is 11.8. The van der Waals surface area contributed by atoms with Crippen molar-refractivity contribution in [2.45, 2.75) is 55.4 Å². The molecule has 39 heavy (non-hydrogen) atoms. The minimum absolute atomic E-state index is 0.117. The molecule has 1 fully saturated rings. The van der Waals surface area contributed by atoms with E-state index in [1.165, 1.54) is 16.7 Å². The van der Waals surface area contributed by atoms with Crippen LogP contribution in [0.2, 0.25) is 0 Å². The third-order valence-electron chi connectivity index (χ3n) is 7.16. The van der Waals surface area contributed by atoms with E-state index in [1.807, 2.05) is 26.0 Å². The molecule has 0 saturated heterocycles. The smallest absolute Gasteiger partial charge is 0.277 e. The normalized spacial score (nSPS) is 14.1. The van der Waals surface area contributed by atoms with Gasteiger partial charge in [0.1, 0.15) is 5.82 Å². The maximum Gasteiger partial charge on any atom is 0.277 e. The Morgan fingerprint density at radius 2 is 1.90 bits per heavy atom. The molecule has 1 saturated carbocycles. The number of benzene rings is 2.